The number of anilines is 1. The van der Waals surface area contributed by atoms with Gasteiger partial charge in [-0.1, -0.05) is 49.8 Å². The van der Waals surface area contributed by atoms with E-state index >= 15 is 0 Å². The molecule has 4 nitrogen and oxygen atoms in total. The Kier molecular flexibility index (Phi) is 5.70. The topological polar surface area (TPSA) is 39.7 Å². The van der Waals surface area contributed by atoms with Crippen molar-refractivity contribution in [3.8, 4) is 11.5 Å². The molecule has 1 aliphatic heterocycles. The van der Waals surface area contributed by atoms with E-state index in [1.807, 2.05) is 30.3 Å². The smallest absolute Gasteiger partial charge is 0.166 e. The van der Waals surface area contributed by atoms with Gasteiger partial charge < -0.3 is 19.5 Å². The van der Waals surface area contributed by atoms with Crippen molar-refractivity contribution in [2.24, 2.45) is 0 Å². The zero-order valence-electron chi connectivity index (χ0n) is 15.3. The Morgan fingerprint density at radius 1 is 1.19 bits per heavy atom. The molecule has 0 fully saturated rings. The minimum Gasteiger partial charge on any atom is -0.493 e. The number of thiocarbonyl (C=S) groups is 1. The molecule has 0 radical (unpaired) electrons. The van der Waals surface area contributed by atoms with Gasteiger partial charge in [-0.3, -0.25) is 0 Å². The number of benzene rings is 2. The van der Waals surface area contributed by atoms with Crippen molar-refractivity contribution in [1.82, 2.24) is 0 Å². The van der Waals surface area contributed by atoms with E-state index in [-0.39, 0.29) is 12.0 Å². The van der Waals surface area contributed by atoms with Crippen molar-refractivity contribution < 1.29 is 14.2 Å². The molecule has 0 amide bonds. The summed E-state index contributed by atoms with van der Waals surface area (Å²) in [6, 6.07) is 9.66. The molecule has 138 valence electrons. The largest absolute Gasteiger partial charge is 0.493 e. The van der Waals surface area contributed by atoms with E-state index in [4.69, 9.17) is 38.0 Å². The van der Waals surface area contributed by atoms with Crippen LogP contribution in [0.5, 0.6) is 11.5 Å². The van der Waals surface area contributed by atoms with Crippen LogP contribution in [0, 0.1) is 0 Å². The zero-order valence-corrected chi connectivity index (χ0v) is 16.8. The van der Waals surface area contributed by atoms with Crippen LogP contribution in [-0.2, 0) is 4.74 Å². The van der Waals surface area contributed by atoms with Gasteiger partial charge >= 0.3 is 0 Å². The number of halogens is 1. The average molecular weight is 392 g/mol. The molecule has 2 aromatic rings. The van der Waals surface area contributed by atoms with Crippen LogP contribution in [0.1, 0.15) is 42.6 Å². The van der Waals surface area contributed by atoms with E-state index in [1.165, 1.54) is 0 Å². The van der Waals surface area contributed by atoms with Crippen molar-refractivity contribution in [3.63, 3.8) is 0 Å². The van der Waals surface area contributed by atoms with E-state index in [0.717, 1.165) is 22.4 Å². The molecule has 1 atom stereocenters. The lowest BCUT2D eigenvalue weighted by Crippen LogP contribution is -2.14. The maximum Gasteiger partial charge on any atom is 0.166 e. The summed E-state index contributed by atoms with van der Waals surface area (Å²) in [5.74, 6) is 1.58. The Balaban J connectivity index is 2.25. The highest BCUT2D eigenvalue weighted by Crippen LogP contribution is 2.44. The zero-order chi connectivity index (χ0) is 18.8. The average Bonchev–Trinajstić information content (AvgIpc) is 2.78. The van der Waals surface area contributed by atoms with Gasteiger partial charge in [-0.2, -0.15) is 0 Å². The van der Waals surface area contributed by atoms with Crippen molar-refractivity contribution in [1.29, 1.82) is 0 Å². The van der Waals surface area contributed by atoms with Gasteiger partial charge in [-0.25, -0.2) is 0 Å². The van der Waals surface area contributed by atoms with Crippen LogP contribution in [0.15, 0.2) is 30.3 Å². The van der Waals surface area contributed by atoms with E-state index in [2.05, 4.69) is 19.2 Å². The van der Waals surface area contributed by atoms with E-state index in [1.54, 1.807) is 14.2 Å². The minimum atomic E-state index is -0.376. The third-order valence-electron chi connectivity index (χ3n) is 4.43. The fraction of sp³-hybridized carbons (Fsp3) is 0.350. The van der Waals surface area contributed by atoms with Crippen LogP contribution in [0.25, 0.3) is 0 Å². The molecule has 1 N–H and O–H groups in total. The number of para-hydroxylation sites is 1. The molecule has 0 bridgehead atoms. The molecule has 2 aromatic carbocycles. The lowest BCUT2D eigenvalue weighted by molar-refractivity contribution is 0.113. The third kappa shape index (κ3) is 3.52. The Labute approximate surface area is 164 Å². The second-order valence-corrected chi connectivity index (χ2v) is 7.37. The molecule has 0 aromatic heterocycles. The predicted molar refractivity (Wildman–Crippen MR) is 109 cm³/mol. The molecule has 0 unspecified atom stereocenters. The van der Waals surface area contributed by atoms with Gasteiger partial charge in [0, 0.05) is 21.8 Å². The molecule has 0 aliphatic carbocycles. The number of fused-ring (bicyclic) bond motifs is 1. The van der Waals surface area contributed by atoms with Crippen molar-refractivity contribution >= 4 is 34.5 Å². The summed E-state index contributed by atoms with van der Waals surface area (Å²) in [5, 5.41) is 4.01. The molecule has 6 heteroatoms. The van der Waals surface area contributed by atoms with Crippen LogP contribution in [0.4, 0.5) is 5.69 Å². The van der Waals surface area contributed by atoms with Gasteiger partial charge in [-0.15, -0.1) is 0 Å². The molecule has 0 spiro atoms. The Morgan fingerprint density at radius 2 is 1.96 bits per heavy atom. The van der Waals surface area contributed by atoms with E-state index in [9.17, 15) is 0 Å². The number of ether oxygens (including phenoxy) is 3. The normalized spacial score (nSPS) is 16.7. The first-order chi connectivity index (χ1) is 12.5. The number of hydrogen-bond acceptors (Lipinski definition) is 4. The van der Waals surface area contributed by atoms with Crippen molar-refractivity contribution in [2.45, 2.75) is 25.9 Å². The molecule has 1 heterocycles. The standard InChI is InChI=1S/C20H22ClNO3S/c1-11(2)14-8-12(21)9-15-18(14)22-17(26)10-25-19(15)13-6-5-7-16(23-3)20(13)24-4/h5-9,11,19H,10H2,1-4H3,(H,22,26)/t19-/m1/s1. The van der Waals surface area contributed by atoms with Gasteiger partial charge in [0.15, 0.2) is 11.5 Å². The van der Waals surface area contributed by atoms with Crippen molar-refractivity contribution in [2.75, 3.05) is 26.1 Å². The quantitative estimate of drug-likeness (QED) is 0.712. The third-order valence-corrected chi connectivity index (χ3v) is 4.87. The highest BCUT2D eigenvalue weighted by Gasteiger charge is 2.29. The monoisotopic (exact) mass is 391 g/mol. The molecule has 26 heavy (non-hydrogen) atoms. The van der Waals surface area contributed by atoms with Gasteiger partial charge in [0.2, 0.25) is 0 Å². The summed E-state index contributed by atoms with van der Waals surface area (Å²) < 4.78 is 17.2. The Bertz CT molecular complexity index is 838. The van der Waals surface area contributed by atoms with Gasteiger partial charge in [0.1, 0.15) is 11.1 Å². The number of methoxy groups -OCH3 is 2. The van der Waals surface area contributed by atoms with Gasteiger partial charge in [-0.05, 0) is 29.7 Å². The lowest BCUT2D eigenvalue weighted by Gasteiger charge is -2.23. The number of nitrogens with one attached hydrogen (secondary N) is 1. The fourth-order valence-corrected chi connectivity index (χ4v) is 3.66. The van der Waals surface area contributed by atoms with Gasteiger partial charge in [0.25, 0.3) is 0 Å². The Morgan fingerprint density at radius 3 is 2.62 bits per heavy atom. The maximum atomic E-state index is 6.43. The fourth-order valence-electron chi connectivity index (χ4n) is 3.26. The lowest BCUT2D eigenvalue weighted by atomic mass is 9.92. The van der Waals surface area contributed by atoms with Gasteiger partial charge in [0.05, 0.1) is 20.8 Å². The van der Waals surface area contributed by atoms with Crippen LogP contribution < -0.4 is 14.8 Å². The van der Waals surface area contributed by atoms with Crippen LogP contribution >= 0.6 is 23.8 Å². The highest BCUT2D eigenvalue weighted by atomic mass is 35.5. The van der Waals surface area contributed by atoms with Crippen molar-refractivity contribution in [3.05, 3.63) is 52.0 Å². The number of hydrogen-bond donors (Lipinski definition) is 1. The van der Waals surface area contributed by atoms with Crippen LogP contribution in [-0.4, -0.2) is 25.8 Å². The second kappa shape index (κ2) is 7.82. The van der Waals surface area contributed by atoms with Crippen LogP contribution in [0.3, 0.4) is 0 Å². The van der Waals surface area contributed by atoms with E-state index in [0.29, 0.717) is 28.1 Å². The summed E-state index contributed by atoms with van der Waals surface area (Å²) in [4.78, 5) is 0.639. The molecule has 3 rings (SSSR count). The number of rotatable bonds is 4. The molecule has 0 saturated heterocycles. The molecule has 1 aliphatic rings. The Hall–Kier alpha value is -1.82. The first-order valence-corrected chi connectivity index (χ1v) is 9.20. The summed E-state index contributed by atoms with van der Waals surface area (Å²) >= 11 is 11.9. The summed E-state index contributed by atoms with van der Waals surface area (Å²) in [6.45, 7) is 4.57. The first-order valence-electron chi connectivity index (χ1n) is 8.42. The summed E-state index contributed by atoms with van der Waals surface area (Å²) in [7, 11) is 3.24. The minimum absolute atomic E-state index is 0.281. The second-order valence-electron chi connectivity index (χ2n) is 6.44. The highest BCUT2D eigenvalue weighted by molar-refractivity contribution is 7.80. The first kappa shape index (κ1) is 19.0. The molecular formula is C20H22ClNO3S. The predicted octanol–water partition coefficient (Wildman–Crippen LogP) is 5.34. The SMILES string of the molecule is COc1cccc([C@H]2OCC(=S)Nc3c(C(C)C)cc(Cl)cc32)c1OC. The summed E-state index contributed by atoms with van der Waals surface area (Å²) in [6.07, 6.45) is -0.376. The molecule has 0 saturated carbocycles. The van der Waals surface area contributed by atoms with Crippen LogP contribution in [0.2, 0.25) is 5.02 Å². The molecular weight excluding hydrogens is 370 g/mol. The van der Waals surface area contributed by atoms with E-state index < -0.39 is 0 Å². The summed E-state index contributed by atoms with van der Waals surface area (Å²) in [5.41, 5.74) is 3.87. The maximum absolute atomic E-state index is 6.43.